The molecule has 2 aromatic rings. The Balaban J connectivity index is 0.00000456. The highest BCUT2D eigenvalue weighted by molar-refractivity contribution is 7.80. The molecule has 0 radical (unpaired) electrons. The van der Waals surface area contributed by atoms with Gasteiger partial charge in [0, 0.05) is 23.4 Å². The standard InChI is InChI=1S/C28H38N4O2S.ClH/c1-28(2,3)22-12-10-21(11-13-22)26(34)31-27(35)30-24-16-14-23(15-17-24)29-25(33)9-5-8-20-32-18-6-4-7-19-32;/h10-17H,4-9,18-20H2,1-3H3,(H,29,33)(H2,30,31,34,35);1H. The minimum absolute atomic E-state index is 0. The van der Waals surface area contributed by atoms with Crippen molar-refractivity contribution in [3.63, 3.8) is 0 Å². The molecule has 0 saturated carbocycles. The number of unbranched alkanes of at least 4 members (excludes halogenated alkanes) is 1. The van der Waals surface area contributed by atoms with E-state index in [-0.39, 0.29) is 34.7 Å². The molecule has 1 fully saturated rings. The monoisotopic (exact) mass is 530 g/mol. The molecule has 1 aliphatic heterocycles. The summed E-state index contributed by atoms with van der Waals surface area (Å²) in [5.74, 6) is -0.214. The SMILES string of the molecule is CC(C)(C)c1ccc(C(=O)NC(=S)Nc2ccc(NC(=O)CCCC[NH+]3CCCCC3)cc2)cc1.[Cl-]. The summed E-state index contributed by atoms with van der Waals surface area (Å²) in [6, 6.07) is 14.9. The van der Waals surface area contributed by atoms with Gasteiger partial charge in [-0.1, -0.05) is 32.9 Å². The van der Waals surface area contributed by atoms with Crippen molar-refractivity contribution < 1.29 is 26.9 Å². The highest BCUT2D eigenvalue weighted by Gasteiger charge is 2.15. The molecule has 1 saturated heterocycles. The average molecular weight is 531 g/mol. The highest BCUT2D eigenvalue weighted by atomic mass is 35.5. The number of hydrogen-bond acceptors (Lipinski definition) is 3. The van der Waals surface area contributed by atoms with Gasteiger partial charge in [-0.15, -0.1) is 0 Å². The van der Waals surface area contributed by atoms with Crippen LogP contribution in [0.4, 0.5) is 11.4 Å². The van der Waals surface area contributed by atoms with Crippen molar-refractivity contribution in [2.45, 2.75) is 64.7 Å². The number of benzene rings is 2. The fourth-order valence-corrected chi connectivity index (χ4v) is 4.49. The molecule has 1 heterocycles. The molecular weight excluding hydrogens is 492 g/mol. The Morgan fingerprint density at radius 2 is 1.44 bits per heavy atom. The quantitative estimate of drug-likeness (QED) is 0.306. The zero-order valence-electron chi connectivity index (χ0n) is 21.6. The molecule has 36 heavy (non-hydrogen) atoms. The number of halogens is 1. The van der Waals surface area contributed by atoms with Crippen LogP contribution in [0.5, 0.6) is 0 Å². The van der Waals surface area contributed by atoms with Gasteiger partial charge in [-0.05, 0) is 91.7 Å². The molecule has 3 rings (SSSR count). The molecule has 0 bridgehead atoms. The lowest BCUT2D eigenvalue weighted by atomic mass is 9.87. The Morgan fingerprint density at radius 1 is 0.861 bits per heavy atom. The van der Waals surface area contributed by atoms with Gasteiger partial charge in [0.1, 0.15) is 0 Å². The lowest BCUT2D eigenvalue weighted by molar-refractivity contribution is -0.905. The summed E-state index contributed by atoms with van der Waals surface area (Å²) in [7, 11) is 0. The number of piperidine rings is 1. The summed E-state index contributed by atoms with van der Waals surface area (Å²) in [5.41, 5.74) is 3.24. The van der Waals surface area contributed by atoms with E-state index in [0.717, 1.165) is 24.2 Å². The van der Waals surface area contributed by atoms with E-state index in [1.54, 1.807) is 4.90 Å². The lowest BCUT2D eigenvalue weighted by Crippen LogP contribution is -3.12. The fourth-order valence-electron chi connectivity index (χ4n) is 4.28. The normalized spacial score (nSPS) is 13.9. The third kappa shape index (κ3) is 9.88. The predicted octanol–water partition coefficient (Wildman–Crippen LogP) is 1.29. The van der Waals surface area contributed by atoms with Crippen LogP contribution < -0.4 is 33.3 Å². The molecule has 4 N–H and O–H groups in total. The first-order chi connectivity index (χ1) is 16.7. The Kier molecular flexibility index (Phi) is 11.8. The molecular formula is C28H39ClN4O2S. The van der Waals surface area contributed by atoms with Gasteiger partial charge in [0.25, 0.3) is 5.91 Å². The summed E-state index contributed by atoms with van der Waals surface area (Å²) in [6.07, 6.45) is 6.59. The summed E-state index contributed by atoms with van der Waals surface area (Å²) in [5, 5.41) is 8.91. The molecule has 0 spiro atoms. The van der Waals surface area contributed by atoms with E-state index in [0.29, 0.717) is 12.0 Å². The van der Waals surface area contributed by atoms with Gasteiger partial charge in [-0.25, -0.2) is 0 Å². The molecule has 0 aliphatic carbocycles. The van der Waals surface area contributed by atoms with Crippen LogP contribution in [0.25, 0.3) is 0 Å². The summed E-state index contributed by atoms with van der Waals surface area (Å²) in [4.78, 5) is 26.4. The molecule has 196 valence electrons. The largest absolute Gasteiger partial charge is 1.00 e. The van der Waals surface area contributed by atoms with Gasteiger partial charge in [0.05, 0.1) is 19.6 Å². The van der Waals surface area contributed by atoms with Crippen LogP contribution >= 0.6 is 12.2 Å². The van der Waals surface area contributed by atoms with Crippen molar-refractivity contribution in [2.75, 3.05) is 30.3 Å². The van der Waals surface area contributed by atoms with Gasteiger partial charge in [0.15, 0.2) is 5.11 Å². The third-order valence-corrected chi connectivity index (χ3v) is 6.62. The zero-order chi connectivity index (χ0) is 25.3. The highest BCUT2D eigenvalue weighted by Crippen LogP contribution is 2.22. The second-order valence-corrected chi connectivity index (χ2v) is 10.8. The van der Waals surface area contributed by atoms with Gasteiger partial charge in [-0.3, -0.25) is 14.9 Å². The van der Waals surface area contributed by atoms with E-state index in [4.69, 9.17) is 12.2 Å². The van der Waals surface area contributed by atoms with Crippen LogP contribution in [0.1, 0.15) is 75.2 Å². The number of nitrogens with one attached hydrogen (secondary N) is 4. The summed E-state index contributed by atoms with van der Waals surface area (Å²) >= 11 is 5.29. The Hall–Kier alpha value is -2.48. The average Bonchev–Trinajstić information content (AvgIpc) is 2.83. The number of carbonyl (C=O) groups is 2. The van der Waals surface area contributed by atoms with Crippen molar-refractivity contribution in [2.24, 2.45) is 0 Å². The fraction of sp³-hybridized carbons (Fsp3) is 0.464. The summed E-state index contributed by atoms with van der Waals surface area (Å²) in [6.45, 7) is 10.1. The molecule has 2 amide bonds. The predicted molar refractivity (Wildman–Crippen MR) is 147 cm³/mol. The number of amides is 2. The summed E-state index contributed by atoms with van der Waals surface area (Å²) < 4.78 is 0. The van der Waals surface area contributed by atoms with Crippen molar-refractivity contribution >= 4 is 40.5 Å². The number of anilines is 2. The van der Waals surface area contributed by atoms with Crippen molar-refractivity contribution in [3.8, 4) is 0 Å². The maximum atomic E-state index is 12.5. The Labute approximate surface area is 227 Å². The molecule has 6 nitrogen and oxygen atoms in total. The van der Waals surface area contributed by atoms with Crippen LogP contribution in [-0.4, -0.2) is 36.6 Å². The van der Waals surface area contributed by atoms with E-state index in [2.05, 4.69) is 36.7 Å². The maximum Gasteiger partial charge on any atom is 0.257 e. The smallest absolute Gasteiger partial charge is 0.257 e. The number of thiocarbonyl (C=S) groups is 1. The van der Waals surface area contributed by atoms with Gasteiger partial charge in [-0.2, -0.15) is 0 Å². The minimum Gasteiger partial charge on any atom is -1.00 e. The van der Waals surface area contributed by atoms with Crippen LogP contribution in [0.2, 0.25) is 0 Å². The minimum atomic E-state index is -0.256. The molecule has 8 heteroatoms. The van der Waals surface area contributed by atoms with E-state index in [9.17, 15) is 9.59 Å². The Bertz CT molecular complexity index is 998. The lowest BCUT2D eigenvalue weighted by Gasteiger charge is -2.23. The second kappa shape index (κ2) is 14.3. The maximum absolute atomic E-state index is 12.5. The van der Waals surface area contributed by atoms with Crippen LogP contribution in [0.3, 0.4) is 0 Å². The number of hydrogen-bond donors (Lipinski definition) is 4. The molecule has 1 aliphatic rings. The van der Waals surface area contributed by atoms with E-state index in [1.165, 1.54) is 44.5 Å². The van der Waals surface area contributed by atoms with Gasteiger partial charge >= 0.3 is 0 Å². The van der Waals surface area contributed by atoms with Crippen LogP contribution in [0.15, 0.2) is 48.5 Å². The van der Waals surface area contributed by atoms with Crippen molar-refractivity contribution in [1.82, 2.24) is 5.32 Å². The molecule has 0 unspecified atom stereocenters. The number of likely N-dealkylation sites (tertiary alicyclic amines) is 1. The van der Waals surface area contributed by atoms with Gasteiger partial charge in [0.2, 0.25) is 5.91 Å². The van der Waals surface area contributed by atoms with Crippen LogP contribution in [-0.2, 0) is 10.2 Å². The first kappa shape index (κ1) is 29.7. The van der Waals surface area contributed by atoms with E-state index < -0.39 is 0 Å². The van der Waals surface area contributed by atoms with Gasteiger partial charge < -0.3 is 27.9 Å². The number of rotatable bonds is 8. The van der Waals surface area contributed by atoms with Crippen molar-refractivity contribution in [3.05, 3.63) is 59.7 Å². The molecule has 0 aromatic heterocycles. The third-order valence-electron chi connectivity index (χ3n) is 6.41. The van der Waals surface area contributed by atoms with E-state index >= 15 is 0 Å². The number of carbonyl (C=O) groups excluding carboxylic acids is 2. The van der Waals surface area contributed by atoms with Crippen LogP contribution in [0, 0.1) is 0 Å². The first-order valence-corrected chi connectivity index (χ1v) is 13.1. The second-order valence-electron chi connectivity index (χ2n) is 10.4. The number of quaternary nitrogens is 1. The zero-order valence-corrected chi connectivity index (χ0v) is 23.2. The molecule has 0 atom stereocenters. The molecule has 2 aromatic carbocycles. The Morgan fingerprint density at radius 3 is 2.03 bits per heavy atom. The van der Waals surface area contributed by atoms with Crippen molar-refractivity contribution in [1.29, 1.82) is 0 Å². The van der Waals surface area contributed by atoms with E-state index in [1.807, 2.05) is 48.5 Å². The first-order valence-electron chi connectivity index (χ1n) is 12.7. The topological polar surface area (TPSA) is 74.7 Å².